The van der Waals surface area contributed by atoms with Gasteiger partial charge in [-0.05, 0) is 49.7 Å². The molecule has 0 saturated carbocycles. The molecule has 0 saturated heterocycles. The third-order valence-corrected chi connectivity index (χ3v) is 5.16. The van der Waals surface area contributed by atoms with Gasteiger partial charge in [-0.3, -0.25) is 9.59 Å². The van der Waals surface area contributed by atoms with Crippen molar-refractivity contribution < 1.29 is 9.59 Å². The number of Topliss-reactive ketones (excluding diaryl/α,β-unsaturated/α-hetero) is 1. The van der Waals surface area contributed by atoms with Gasteiger partial charge in [0.1, 0.15) is 0 Å². The van der Waals surface area contributed by atoms with Gasteiger partial charge in [0, 0.05) is 11.8 Å². The first-order chi connectivity index (χ1) is 8.94. The van der Waals surface area contributed by atoms with Crippen LogP contribution in [-0.2, 0) is 9.59 Å². The minimum Gasteiger partial charge on any atom is -0.294 e. The van der Waals surface area contributed by atoms with E-state index in [9.17, 15) is 9.59 Å². The van der Waals surface area contributed by atoms with Crippen LogP contribution in [0.25, 0.3) is 0 Å². The molecule has 3 aliphatic rings. The lowest BCUT2D eigenvalue weighted by Gasteiger charge is -2.48. The van der Waals surface area contributed by atoms with Crippen LogP contribution < -0.4 is 0 Å². The Kier molecular flexibility index (Phi) is 2.67. The van der Waals surface area contributed by atoms with Gasteiger partial charge in [0.05, 0.1) is 0 Å². The van der Waals surface area contributed by atoms with E-state index in [0.29, 0.717) is 0 Å². The first kappa shape index (κ1) is 12.6. The van der Waals surface area contributed by atoms with Crippen molar-refractivity contribution in [3.05, 3.63) is 35.5 Å². The smallest absolute Gasteiger partial charge is 0.162 e. The number of carbonyl (C=O) groups excluding carboxylic acids is 2. The number of allylic oxidation sites excluding steroid dienone is 6. The van der Waals surface area contributed by atoms with Crippen molar-refractivity contribution in [1.29, 1.82) is 0 Å². The summed E-state index contributed by atoms with van der Waals surface area (Å²) in [5.74, 6) is 0.239. The lowest BCUT2D eigenvalue weighted by Crippen LogP contribution is -2.49. The van der Waals surface area contributed by atoms with E-state index in [1.165, 1.54) is 5.57 Å². The highest BCUT2D eigenvalue weighted by molar-refractivity contribution is 6.04. The summed E-state index contributed by atoms with van der Waals surface area (Å²) in [5.41, 5.74) is 1.94. The molecular weight excluding hydrogens is 236 g/mol. The van der Waals surface area contributed by atoms with Crippen molar-refractivity contribution in [3.63, 3.8) is 0 Å². The van der Waals surface area contributed by atoms with E-state index in [0.717, 1.165) is 18.4 Å². The van der Waals surface area contributed by atoms with Gasteiger partial charge in [-0.15, -0.1) is 0 Å². The van der Waals surface area contributed by atoms with Crippen LogP contribution in [0.4, 0.5) is 0 Å². The van der Waals surface area contributed by atoms with Gasteiger partial charge in [0.2, 0.25) is 0 Å². The molecule has 2 nitrogen and oxygen atoms in total. The molecule has 2 unspecified atom stereocenters. The number of ketones is 2. The van der Waals surface area contributed by atoms with Crippen molar-refractivity contribution in [1.82, 2.24) is 0 Å². The first-order valence-electron chi connectivity index (χ1n) is 7.05. The van der Waals surface area contributed by atoms with Crippen LogP contribution in [0, 0.1) is 23.2 Å². The molecule has 19 heavy (non-hydrogen) atoms. The van der Waals surface area contributed by atoms with Crippen LogP contribution in [0.1, 0.15) is 33.6 Å². The molecule has 0 aromatic carbocycles. The molecular formula is C17H20O2. The molecule has 3 rings (SSSR count). The van der Waals surface area contributed by atoms with Gasteiger partial charge >= 0.3 is 0 Å². The Bertz CT molecular complexity index is 550. The highest BCUT2D eigenvalue weighted by atomic mass is 16.1. The predicted octanol–water partition coefficient (Wildman–Crippen LogP) is 3.25. The SMILES string of the molecule is CC1=CC[C@@H]2C(C)=CC3(C)CC=CC(=O)[C@@H]3C2C1=O. The number of hydrogen-bond donors (Lipinski definition) is 0. The second-order valence-corrected chi connectivity index (χ2v) is 6.50. The Hall–Kier alpha value is -1.44. The maximum atomic E-state index is 12.6. The summed E-state index contributed by atoms with van der Waals surface area (Å²) in [7, 11) is 0. The Balaban J connectivity index is 2.15. The second kappa shape index (κ2) is 4.03. The third-order valence-electron chi connectivity index (χ3n) is 5.16. The van der Waals surface area contributed by atoms with E-state index in [4.69, 9.17) is 0 Å². The fourth-order valence-electron chi connectivity index (χ4n) is 4.20. The molecule has 0 N–H and O–H groups in total. The maximum absolute atomic E-state index is 12.6. The van der Waals surface area contributed by atoms with E-state index < -0.39 is 0 Å². The van der Waals surface area contributed by atoms with Crippen molar-refractivity contribution in [3.8, 4) is 0 Å². The van der Waals surface area contributed by atoms with E-state index in [2.05, 4.69) is 19.9 Å². The molecule has 0 heterocycles. The monoisotopic (exact) mass is 256 g/mol. The zero-order chi connectivity index (χ0) is 13.8. The predicted molar refractivity (Wildman–Crippen MR) is 74.5 cm³/mol. The largest absolute Gasteiger partial charge is 0.294 e. The van der Waals surface area contributed by atoms with Gasteiger partial charge < -0.3 is 0 Å². The van der Waals surface area contributed by atoms with Gasteiger partial charge in [-0.25, -0.2) is 0 Å². The molecule has 0 aromatic heterocycles. The van der Waals surface area contributed by atoms with Crippen molar-refractivity contribution >= 4 is 11.6 Å². The van der Waals surface area contributed by atoms with E-state index >= 15 is 0 Å². The molecule has 0 fully saturated rings. The zero-order valence-electron chi connectivity index (χ0n) is 11.8. The minimum atomic E-state index is -0.176. The summed E-state index contributed by atoms with van der Waals surface area (Å²) in [6, 6.07) is 0. The van der Waals surface area contributed by atoms with Crippen LogP contribution in [0.3, 0.4) is 0 Å². The van der Waals surface area contributed by atoms with Crippen LogP contribution in [0.2, 0.25) is 0 Å². The topological polar surface area (TPSA) is 34.1 Å². The number of rotatable bonds is 0. The lowest BCUT2D eigenvalue weighted by molar-refractivity contribution is -0.135. The number of fused-ring (bicyclic) bond motifs is 3. The number of hydrogen-bond acceptors (Lipinski definition) is 2. The van der Waals surface area contributed by atoms with Gasteiger partial charge in [-0.2, -0.15) is 0 Å². The molecule has 2 heteroatoms. The van der Waals surface area contributed by atoms with Crippen LogP contribution in [-0.4, -0.2) is 11.6 Å². The summed E-state index contributed by atoms with van der Waals surface area (Å²) < 4.78 is 0. The van der Waals surface area contributed by atoms with Crippen molar-refractivity contribution in [2.45, 2.75) is 33.6 Å². The van der Waals surface area contributed by atoms with Gasteiger partial charge in [0.15, 0.2) is 11.6 Å². The summed E-state index contributed by atoms with van der Waals surface area (Å²) in [5, 5.41) is 0. The Morgan fingerprint density at radius 3 is 2.74 bits per heavy atom. The summed E-state index contributed by atoms with van der Waals surface area (Å²) >= 11 is 0. The van der Waals surface area contributed by atoms with E-state index in [1.54, 1.807) is 6.08 Å². The first-order valence-corrected chi connectivity index (χ1v) is 7.05. The lowest BCUT2D eigenvalue weighted by atomic mass is 9.53. The van der Waals surface area contributed by atoms with Crippen molar-refractivity contribution in [2.75, 3.05) is 0 Å². The Morgan fingerprint density at radius 1 is 1.26 bits per heavy atom. The molecule has 0 radical (unpaired) electrons. The van der Waals surface area contributed by atoms with E-state index in [-0.39, 0.29) is 34.7 Å². The van der Waals surface area contributed by atoms with Crippen LogP contribution >= 0.6 is 0 Å². The Labute approximate surface area is 114 Å². The minimum absolute atomic E-state index is 0.135. The highest BCUT2D eigenvalue weighted by Gasteiger charge is 2.52. The summed E-state index contributed by atoms with van der Waals surface area (Å²) in [4.78, 5) is 24.9. The molecule has 0 bridgehead atoms. The van der Waals surface area contributed by atoms with Crippen molar-refractivity contribution in [2.24, 2.45) is 23.2 Å². The number of carbonyl (C=O) groups is 2. The summed E-state index contributed by atoms with van der Waals surface area (Å²) in [6.07, 6.45) is 9.68. The molecule has 3 aliphatic carbocycles. The highest BCUT2D eigenvalue weighted by Crippen LogP contribution is 2.52. The van der Waals surface area contributed by atoms with E-state index in [1.807, 2.05) is 19.1 Å². The molecule has 0 spiro atoms. The van der Waals surface area contributed by atoms with Gasteiger partial charge in [0.25, 0.3) is 0 Å². The van der Waals surface area contributed by atoms with Crippen LogP contribution in [0.5, 0.6) is 0 Å². The molecule has 4 atom stereocenters. The second-order valence-electron chi connectivity index (χ2n) is 6.50. The quantitative estimate of drug-likeness (QED) is 0.623. The molecule has 0 amide bonds. The Morgan fingerprint density at radius 2 is 2.00 bits per heavy atom. The average Bonchev–Trinajstić information content (AvgIpc) is 2.33. The average molecular weight is 256 g/mol. The molecule has 0 aliphatic heterocycles. The summed E-state index contributed by atoms with van der Waals surface area (Å²) in [6.45, 7) is 6.12. The maximum Gasteiger partial charge on any atom is 0.162 e. The normalized spacial score (nSPS) is 41.3. The standard InChI is InChI=1S/C17H20O2/c1-10-6-7-12-11(2)9-17(3)8-4-5-13(18)15(17)14(12)16(10)19/h4-6,9,12,14-15H,7-8H2,1-3H3/t12-,14?,15-,17?/m1/s1. The fraction of sp³-hybridized carbons (Fsp3) is 0.529. The molecule has 0 aromatic rings. The fourth-order valence-corrected chi connectivity index (χ4v) is 4.20. The zero-order valence-corrected chi connectivity index (χ0v) is 11.8. The third kappa shape index (κ3) is 1.69. The van der Waals surface area contributed by atoms with Gasteiger partial charge in [-0.1, -0.05) is 30.7 Å². The van der Waals surface area contributed by atoms with Crippen LogP contribution in [0.15, 0.2) is 35.5 Å². The molecule has 100 valence electrons.